The summed E-state index contributed by atoms with van der Waals surface area (Å²) in [4.78, 5) is 4.72. The molecule has 140 valence electrons. The Hall–Kier alpha value is -1.33. The number of guanidine groups is 1. The van der Waals surface area contributed by atoms with E-state index >= 15 is 0 Å². The van der Waals surface area contributed by atoms with Crippen LogP contribution in [0, 0.1) is 11.2 Å². The van der Waals surface area contributed by atoms with Gasteiger partial charge in [0.15, 0.2) is 5.96 Å². The van der Waals surface area contributed by atoms with Gasteiger partial charge in [-0.1, -0.05) is 51.1 Å². The normalized spacial score (nSPS) is 17.2. The first-order valence-electron chi connectivity index (χ1n) is 9.13. The molecule has 1 aromatic carbocycles. The number of halogens is 2. The van der Waals surface area contributed by atoms with Gasteiger partial charge in [0.05, 0.1) is 5.02 Å². The lowest BCUT2D eigenvalue weighted by Gasteiger charge is -2.23. The molecule has 6 heteroatoms. The average Bonchev–Trinajstić information content (AvgIpc) is 2.85. The van der Waals surface area contributed by atoms with Crippen LogP contribution in [0.3, 0.4) is 0 Å². The van der Waals surface area contributed by atoms with Crippen molar-refractivity contribution in [1.82, 2.24) is 5.32 Å². The van der Waals surface area contributed by atoms with E-state index in [9.17, 15) is 4.39 Å². The highest BCUT2D eigenvalue weighted by Crippen LogP contribution is 2.21. The van der Waals surface area contributed by atoms with Crippen LogP contribution in [0.2, 0.25) is 5.02 Å². The van der Waals surface area contributed by atoms with E-state index in [0.717, 1.165) is 18.5 Å². The van der Waals surface area contributed by atoms with Crippen molar-refractivity contribution in [2.45, 2.75) is 58.4 Å². The highest BCUT2D eigenvalue weighted by molar-refractivity contribution is 6.31. The Kier molecular flexibility index (Phi) is 7.51. The molecule has 25 heavy (non-hydrogen) atoms. The molecule has 0 unspecified atom stereocenters. The third-order valence-electron chi connectivity index (χ3n) is 4.60. The van der Waals surface area contributed by atoms with Crippen LogP contribution >= 0.6 is 11.6 Å². The molecule has 0 aliphatic heterocycles. The smallest absolute Gasteiger partial charge is 0.196 e. The van der Waals surface area contributed by atoms with Gasteiger partial charge < -0.3 is 16.4 Å². The molecule has 4 nitrogen and oxygen atoms in total. The summed E-state index contributed by atoms with van der Waals surface area (Å²) < 4.78 is 13.4. The number of rotatable bonds is 5. The molecule has 1 aromatic rings. The molecule has 0 heterocycles. The Bertz CT molecular complexity index is 581. The number of nitrogens with two attached hydrogens (primary N) is 1. The van der Waals surface area contributed by atoms with Crippen LogP contribution in [-0.2, 0) is 0 Å². The molecule has 0 radical (unpaired) electrons. The van der Waals surface area contributed by atoms with E-state index in [4.69, 9.17) is 22.3 Å². The Morgan fingerprint density at radius 3 is 2.56 bits per heavy atom. The molecule has 0 atom stereocenters. The maximum Gasteiger partial charge on any atom is 0.196 e. The molecule has 1 fully saturated rings. The lowest BCUT2D eigenvalue weighted by atomic mass is 9.94. The molecule has 1 aliphatic rings. The molecule has 2 rings (SSSR count). The summed E-state index contributed by atoms with van der Waals surface area (Å²) in [6.07, 6.45) is 7.36. The van der Waals surface area contributed by atoms with Crippen LogP contribution in [0.1, 0.15) is 52.4 Å². The molecule has 0 spiro atoms. The fourth-order valence-electron chi connectivity index (χ4n) is 2.81. The Morgan fingerprint density at radius 1 is 1.28 bits per heavy atom. The van der Waals surface area contributed by atoms with Crippen molar-refractivity contribution in [1.29, 1.82) is 0 Å². The summed E-state index contributed by atoms with van der Waals surface area (Å²) in [7, 11) is 0. The van der Waals surface area contributed by atoms with Crippen LogP contribution in [0.4, 0.5) is 10.1 Å². The van der Waals surface area contributed by atoms with E-state index in [1.807, 2.05) is 0 Å². The zero-order valence-corrected chi connectivity index (χ0v) is 16.0. The van der Waals surface area contributed by atoms with E-state index in [1.54, 1.807) is 12.1 Å². The van der Waals surface area contributed by atoms with Crippen molar-refractivity contribution >= 4 is 23.2 Å². The van der Waals surface area contributed by atoms with Gasteiger partial charge in [-0.2, -0.15) is 0 Å². The minimum absolute atomic E-state index is 0.0709. The maximum atomic E-state index is 13.4. The van der Waals surface area contributed by atoms with Crippen LogP contribution in [0.25, 0.3) is 0 Å². The third-order valence-corrected chi connectivity index (χ3v) is 4.89. The van der Waals surface area contributed by atoms with Gasteiger partial charge in [0.1, 0.15) is 5.82 Å². The zero-order valence-electron chi connectivity index (χ0n) is 15.2. The molecule has 1 saturated carbocycles. The van der Waals surface area contributed by atoms with Crippen molar-refractivity contribution in [3.63, 3.8) is 0 Å². The van der Waals surface area contributed by atoms with Gasteiger partial charge in [-0.25, -0.2) is 4.39 Å². The summed E-state index contributed by atoms with van der Waals surface area (Å²) in [6.45, 7) is 5.36. The first-order chi connectivity index (χ1) is 11.9. The molecule has 0 amide bonds. The minimum atomic E-state index is -0.424. The van der Waals surface area contributed by atoms with Gasteiger partial charge in [-0.3, -0.25) is 4.99 Å². The number of anilines is 1. The van der Waals surface area contributed by atoms with Gasteiger partial charge in [-0.15, -0.1) is 0 Å². The zero-order chi connectivity index (χ0) is 18.3. The van der Waals surface area contributed by atoms with Crippen molar-refractivity contribution in [3.8, 4) is 0 Å². The second kappa shape index (κ2) is 9.39. The lowest BCUT2D eigenvalue weighted by Crippen LogP contribution is -2.40. The first kappa shape index (κ1) is 20.0. The Morgan fingerprint density at radius 2 is 1.96 bits per heavy atom. The average molecular weight is 369 g/mol. The highest BCUT2D eigenvalue weighted by atomic mass is 35.5. The lowest BCUT2D eigenvalue weighted by molar-refractivity contribution is 0.392. The molecular weight excluding hydrogens is 339 g/mol. The summed E-state index contributed by atoms with van der Waals surface area (Å²) in [5, 5.41) is 6.89. The van der Waals surface area contributed by atoms with E-state index < -0.39 is 5.82 Å². The van der Waals surface area contributed by atoms with Gasteiger partial charge >= 0.3 is 0 Å². The summed E-state index contributed by atoms with van der Waals surface area (Å²) in [5.74, 6) is 0.280. The SMILES string of the molecule is CC(C)(CN)CN=C(Nc1ccc(F)c(Cl)c1)NC1CCCCCC1. The number of aliphatic imine (C=N–C) groups is 1. The van der Waals surface area contributed by atoms with Gasteiger partial charge in [0, 0.05) is 18.3 Å². The van der Waals surface area contributed by atoms with E-state index in [1.165, 1.54) is 31.7 Å². The maximum absolute atomic E-state index is 13.4. The summed E-state index contributed by atoms with van der Waals surface area (Å²) in [6, 6.07) is 5.01. The quantitative estimate of drug-likeness (QED) is 0.406. The molecule has 1 aliphatic carbocycles. The van der Waals surface area contributed by atoms with Crippen molar-refractivity contribution in [3.05, 3.63) is 29.0 Å². The van der Waals surface area contributed by atoms with Crippen LogP contribution < -0.4 is 16.4 Å². The third kappa shape index (κ3) is 6.83. The van der Waals surface area contributed by atoms with Crippen LogP contribution in [0.15, 0.2) is 23.2 Å². The topological polar surface area (TPSA) is 62.4 Å². The number of nitrogens with zero attached hydrogens (tertiary/aromatic N) is 1. The predicted molar refractivity (Wildman–Crippen MR) is 105 cm³/mol. The number of hydrogen-bond donors (Lipinski definition) is 3. The Balaban J connectivity index is 2.12. The van der Waals surface area contributed by atoms with Gasteiger partial charge in [0.25, 0.3) is 0 Å². The highest BCUT2D eigenvalue weighted by Gasteiger charge is 2.18. The molecule has 0 bridgehead atoms. The molecule has 4 N–H and O–H groups in total. The number of hydrogen-bond acceptors (Lipinski definition) is 2. The summed E-state index contributed by atoms with van der Waals surface area (Å²) in [5.41, 5.74) is 6.47. The Labute approximate surface area is 155 Å². The molecule has 0 aromatic heterocycles. The largest absolute Gasteiger partial charge is 0.353 e. The monoisotopic (exact) mass is 368 g/mol. The second-order valence-electron chi connectivity index (χ2n) is 7.62. The minimum Gasteiger partial charge on any atom is -0.353 e. The number of benzene rings is 1. The van der Waals surface area contributed by atoms with Crippen molar-refractivity contribution in [2.75, 3.05) is 18.4 Å². The standard InChI is InChI=1S/C19H30ClFN4/c1-19(2,12-22)13-23-18(24-14-7-5-3-4-6-8-14)25-15-9-10-17(21)16(20)11-15/h9-11,14H,3-8,12-13,22H2,1-2H3,(H2,23,24,25). The molecule has 0 saturated heterocycles. The second-order valence-corrected chi connectivity index (χ2v) is 8.03. The molecular formula is C19H30ClFN4. The number of nitrogens with one attached hydrogen (secondary N) is 2. The van der Waals surface area contributed by atoms with Crippen LogP contribution in [-0.4, -0.2) is 25.1 Å². The fraction of sp³-hybridized carbons (Fsp3) is 0.632. The first-order valence-corrected chi connectivity index (χ1v) is 9.50. The van der Waals surface area contributed by atoms with E-state index in [-0.39, 0.29) is 10.4 Å². The van der Waals surface area contributed by atoms with Crippen molar-refractivity contribution in [2.24, 2.45) is 16.1 Å². The van der Waals surface area contributed by atoms with E-state index in [2.05, 4.69) is 24.5 Å². The predicted octanol–water partition coefficient (Wildman–Crippen LogP) is 4.54. The van der Waals surface area contributed by atoms with Crippen LogP contribution in [0.5, 0.6) is 0 Å². The fourth-order valence-corrected chi connectivity index (χ4v) is 2.99. The summed E-state index contributed by atoms with van der Waals surface area (Å²) >= 11 is 5.89. The van der Waals surface area contributed by atoms with Gasteiger partial charge in [0.2, 0.25) is 0 Å². The van der Waals surface area contributed by atoms with Gasteiger partial charge in [-0.05, 0) is 43.0 Å². The van der Waals surface area contributed by atoms with E-state index in [0.29, 0.717) is 25.1 Å². The van der Waals surface area contributed by atoms with Crippen molar-refractivity contribution < 1.29 is 4.39 Å².